The Morgan fingerprint density at radius 3 is 0.520 bits per heavy atom. The Kier molecular flexibility index (Phi) is 15.9. The van der Waals surface area contributed by atoms with E-state index in [1.807, 2.05) is 0 Å². The van der Waals surface area contributed by atoms with Gasteiger partial charge in [-0.05, 0) is 194 Å². The highest BCUT2D eigenvalue weighted by atomic mass is 79.9. The van der Waals surface area contributed by atoms with Crippen LogP contribution in [-0.2, 0) is 37.9 Å². The average molecular weight is 1130 g/mol. The van der Waals surface area contributed by atoms with Crippen LogP contribution >= 0.6 is 31.9 Å². The molecule has 0 aliphatic heterocycles. The van der Waals surface area contributed by atoms with Gasteiger partial charge in [-0.2, -0.15) is 0 Å². The maximum absolute atomic E-state index is 4.45. The third-order valence-corrected chi connectivity index (χ3v) is 16.3. The summed E-state index contributed by atoms with van der Waals surface area (Å²) >= 11 is 8.90. The van der Waals surface area contributed by atoms with Crippen LogP contribution in [0, 0.1) is 0 Å². The van der Waals surface area contributed by atoms with Crippen LogP contribution < -0.4 is 14.7 Å². The molecule has 3 nitrogen and oxygen atoms in total. The van der Waals surface area contributed by atoms with Gasteiger partial charge < -0.3 is 14.7 Å². The van der Waals surface area contributed by atoms with Gasteiger partial charge in [0.05, 0.1) is 31.7 Å². The van der Waals surface area contributed by atoms with Crippen LogP contribution in [0.2, 0.25) is 0 Å². The van der Waals surface area contributed by atoms with E-state index in [1.54, 1.807) is 0 Å². The molecular formula is C70H87Br2N3. The molecule has 0 saturated heterocycles. The van der Waals surface area contributed by atoms with Crippen molar-refractivity contribution in [1.82, 2.24) is 0 Å². The van der Waals surface area contributed by atoms with Crippen molar-refractivity contribution >= 4 is 83.0 Å². The normalized spacial score (nSPS) is 13.0. The second-order valence-corrected chi connectivity index (χ2v) is 29.7. The molecule has 0 spiro atoms. The highest BCUT2D eigenvalue weighted by Gasteiger charge is 2.32. The second-order valence-electron chi connectivity index (χ2n) is 28.1. The summed E-state index contributed by atoms with van der Waals surface area (Å²) < 4.78 is 1.97. The molecule has 7 rings (SSSR count). The largest absolute Gasteiger partial charge is 0.309 e. The molecule has 7 aromatic rings. The zero-order valence-corrected chi connectivity index (χ0v) is 52.6. The second kappa shape index (κ2) is 20.7. The Hall–Kier alpha value is -5.10. The van der Waals surface area contributed by atoms with E-state index in [2.05, 4.69) is 338 Å². The van der Waals surface area contributed by atoms with Crippen molar-refractivity contribution in [3.05, 3.63) is 193 Å². The van der Waals surface area contributed by atoms with Gasteiger partial charge in [0.1, 0.15) is 0 Å². The van der Waals surface area contributed by atoms with Crippen molar-refractivity contribution in [3.63, 3.8) is 0 Å². The van der Waals surface area contributed by atoms with Crippen LogP contribution in [0.4, 0.5) is 51.2 Å². The molecule has 7 aromatic carbocycles. The van der Waals surface area contributed by atoms with Crippen molar-refractivity contribution < 1.29 is 0 Å². The first-order valence-corrected chi connectivity index (χ1v) is 28.6. The molecule has 0 fully saturated rings. The highest BCUT2D eigenvalue weighted by molar-refractivity contribution is 9.11. The topological polar surface area (TPSA) is 9.72 Å². The van der Waals surface area contributed by atoms with Crippen molar-refractivity contribution in [2.24, 2.45) is 0 Å². The fourth-order valence-electron chi connectivity index (χ4n) is 9.52. The third kappa shape index (κ3) is 12.9. The van der Waals surface area contributed by atoms with Gasteiger partial charge >= 0.3 is 0 Å². The number of anilines is 9. The maximum atomic E-state index is 4.45. The summed E-state index contributed by atoms with van der Waals surface area (Å²) in [5.74, 6) is 0. The quantitative estimate of drug-likeness (QED) is 0.143. The molecule has 0 heterocycles. The summed E-state index contributed by atoms with van der Waals surface area (Å²) in [6, 6.07) is 55.6. The van der Waals surface area contributed by atoms with E-state index < -0.39 is 0 Å². The van der Waals surface area contributed by atoms with E-state index in [1.165, 1.54) is 38.9 Å². The number of nitrogens with zero attached hydrogens (tertiary/aromatic N) is 3. The molecule has 0 bridgehead atoms. The lowest BCUT2D eigenvalue weighted by Gasteiger charge is -2.36. The molecule has 0 aromatic heterocycles. The molecule has 0 unspecified atom stereocenters. The number of hydrogen-bond acceptors (Lipinski definition) is 3. The van der Waals surface area contributed by atoms with Gasteiger partial charge in [0, 0.05) is 28.4 Å². The Morgan fingerprint density at radius 1 is 0.213 bits per heavy atom. The van der Waals surface area contributed by atoms with Gasteiger partial charge in [-0.25, -0.2) is 0 Å². The monoisotopic (exact) mass is 1130 g/mol. The first kappa shape index (κ1) is 57.6. The smallest absolute Gasteiger partial charge is 0.0657 e. The molecule has 0 aliphatic carbocycles. The van der Waals surface area contributed by atoms with Gasteiger partial charge in [-0.1, -0.05) is 206 Å². The van der Waals surface area contributed by atoms with Gasteiger partial charge in [0.2, 0.25) is 0 Å². The minimum absolute atomic E-state index is 0.00975. The summed E-state index contributed by atoms with van der Waals surface area (Å²) in [5, 5.41) is 0. The van der Waals surface area contributed by atoms with E-state index in [4.69, 9.17) is 0 Å². The van der Waals surface area contributed by atoms with Crippen LogP contribution in [-0.4, -0.2) is 0 Å². The van der Waals surface area contributed by atoms with Crippen LogP contribution in [0.25, 0.3) is 0 Å². The lowest BCUT2D eigenvalue weighted by molar-refractivity contribution is 0.589. The Balaban J connectivity index is 1.61. The van der Waals surface area contributed by atoms with Crippen LogP contribution in [0.15, 0.2) is 155 Å². The predicted molar refractivity (Wildman–Crippen MR) is 337 cm³/mol. The lowest BCUT2D eigenvalue weighted by atomic mass is 9.85. The summed E-state index contributed by atoms with van der Waals surface area (Å²) in [6.07, 6.45) is 0. The molecule has 0 atom stereocenters. The molecule has 0 aliphatic rings. The molecule has 396 valence electrons. The summed E-state index contributed by atoms with van der Waals surface area (Å²) in [4.78, 5) is 7.38. The summed E-state index contributed by atoms with van der Waals surface area (Å²) in [6.45, 7) is 48.2. The van der Waals surface area contributed by atoms with Crippen LogP contribution in [0.3, 0.4) is 0 Å². The number of rotatable bonds is 9. The molecule has 0 N–H and O–H groups in total. The van der Waals surface area contributed by atoms with Crippen molar-refractivity contribution in [1.29, 1.82) is 0 Å². The molecule has 0 amide bonds. The fourth-order valence-corrected chi connectivity index (χ4v) is 10.7. The Bertz CT molecular complexity index is 2790. The fraction of sp³-hybridized carbons (Fsp3) is 0.400. The Morgan fingerprint density at radius 2 is 0.360 bits per heavy atom. The predicted octanol–water partition coefficient (Wildman–Crippen LogP) is 22.7. The van der Waals surface area contributed by atoms with E-state index in [9.17, 15) is 0 Å². The molecule has 0 saturated carbocycles. The van der Waals surface area contributed by atoms with Crippen molar-refractivity contribution in [2.75, 3.05) is 14.7 Å². The molecule has 5 heteroatoms. The average Bonchev–Trinajstić information content (AvgIpc) is 3.30. The SMILES string of the molecule is CC(C)(C)c1ccc(N(c2ccc(C(C)(C)C)cc2)c2cc(C(C)(C)C)cc(N(c3ccc(C(C)(C)C)cc3)c3cc(C(C)(C)C)cc(N(c4ccc(C(C)(C)C)cc4)c4ccc(C(C)(C)C)cc4)c3Br)c2Br)cc1. The minimum Gasteiger partial charge on any atom is -0.309 e. The first-order chi connectivity index (χ1) is 34.4. The number of halogens is 2. The van der Waals surface area contributed by atoms with E-state index in [0.29, 0.717) is 0 Å². The van der Waals surface area contributed by atoms with Crippen LogP contribution in [0.5, 0.6) is 0 Å². The van der Waals surface area contributed by atoms with Crippen molar-refractivity contribution in [3.8, 4) is 0 Å². The number of hydrogen-bond donors (Lipinski definition) is 0. The zero-order valence-electron chi connectivity index (χ0n) is 49.5. The van der Waals surface area contributed by atoms with E-state index in [-0.39, 0.29) is 37.9 Å². The van der Waals surface area contributed by atoms with Gasteiger partial charge in [-0.15, -0.1) is 0 Å². The molecular weight excluding hydrogens is 1040 g/mol. The van der Waals surface area contributed by atoms with Crippen molar-refractivity contribution in [2.45, 2.75) is 183 Å². The standard InChI is InChI=1S/C70H87Br2N3/c1-64(2,3)46-22-32-53(33-23-46)73(54-34-24-47(25-35-54)65(4,5)6)58-42-51(69(16,17)18)44-60(62(58)71)75(57-40-30-50(31-41-57)68(13,14)15)61-45-52(70(19,20)21)43-59(63(61)72)74(55-36-26-48(27-37-55)66(7,8)9)56-38-28-49(29-39-56)67(10,11)12/h22-45H,1-21H3. The van der Waals surface area contributed by atoms with Crippen LogP contribution in [0.1, 0.15) is 184 Å². The Labute approximate surface area is 471 Å². The summed E-state index contributed by atoms with van der Waals surface area (Å²) in [7, 11) is 0. The lowest BCUT2D eigenvalue weighted by Crippen LogP contribution is -2.21. The van der Waals surface area contributed by atoms with Gasteiger partial charge in [0.25, 0.3) is 0 Å². The zero-order chi connectivity index (χ0) is 55.6. The highest BCUT2D eigenvalue weighted by Crippen LogP contribution is 2.54. The maximum Gasteiger partial charge on any atom is 0.0657 e. The third-order valence-electron chi connectivity index (χ3n) is 14.7. The van der Waals surface area contributed by atoms with E-state index >= 15 is 0 Å². The number of benzene rings is 7. The molecule has 75 heavy (non-hydrogen) atoms. The summed E-state index contributed by atoms with van der Waals surface area (Å²) in [5.41, 5.74) is 18.1. The van der Waals surface area contributed by atoms with Gasteiger partial charge in [-0.3, -0.25) is 0 Å². The first-order valence-electron chi connectivity index (χ1n) is 27.1. The minimum atomic E-state index is -0.214. The van der Waals surface area contributed by atoms with Gasteiger partial charge in [0.15, 0.2) is 0 Å². The molecule has 0 radical (unpaired) electrons. The van der Waals surface area contributed by atoms with E-state index in [0.717, 1.165) is 60.1 Å².